The molecule has 2 rings (SSSR count). The quantitative estimate of drug-likeness (QED) is 0.840. The van der Waals surface area contributed by atoms with Crippen LogP contribution in [-0.2, 0) is 11.3 Å². The Morgan fingerprint density at radius 2 is 2.39 bits per heavy atom. The summed E-state index contributed by atoms with van der Waals surface area (Å²) in [6.07, 6.45) is 5.17. The van der Waals surface area contributed by atoms with Gasteiger partial charge in [-0.1, -0.05) is 20.8 Å². The molecule has 0 amide bonds. The van der Waals surface area contributed by atoms with Gasteiger partial charge in [0, 0.05) is 43.4 Å². The van der Waals surface area contributed by atoms with E-state index in [2.05, 4.69) is 41.8 Å². The van der Waals surface area contributed by atoms with Crippen LogP contribution in [0.15, 0.2) is 12.4 Å². The van der Waals surface area contributed by atoms with Gasteiger partial charge in [-0.25, -0.2) is 4.98 Å². The Kier molecular flexibility index (Phi) is 4.78. The molecule has 4 heteroatoms. The van der Waals surface area contributed by atoms with E-state index < -0.39 is 0 Å². The fraction of sp³-hybridized carbons (Fsp3) is 0.786. The number of nitrogens with zero attached hydrogens (tertiary/aromatic N) is 2. The number of aromatic nitrogens is 2. The van der Waals surface area contributed by atoms with Crippen LogP contribution in [-0.4, -0.2) is 35.4 Å². The van der Waals surface area contributed by atoms with Gasteiger partial charge in [-0.3, -0.25) is 0 Å². The lowest BCUT2D eigenvalue weighted by Crippen LogP contribution is -2.40. The van der Waals surface area contributed by atoms with Crippen LogP contribution in [0.4, 0.5) is 0 Å². The minimum atomic E-state index is 0.474. The fourth-order valence-electron chi connectivity index (χ4n) is 2.70. The van der Waals surface area contributed by atoms with Crippen LogP contribution in [0.1, 0.15) is 38.9 Å². The SMILES string of the molecule is CCNC(Cn1ccnc1C(C)C)C1CCOC1. The molecule has 18 heavy (non-hydrogen) atoms. The predicted octanol–water partition coefficient (Wildman–Crippen LogP) is 2.02. The molecule has 102 valence electrons. The largest absolute Gasteiger partial charge is 0.381 e. The second kappa shape index (κ2) is 6.34. The summed E-state index contributed by atoms with van der Waals surface area (Å²) < 4.78 is 7.80. The highest BCUT2D eigenvalue weighted by Gasteiger charge is 2.26. The summed E-state index contributed by atoms with van der Waals surface area (Å²) in [5.41, 5.74) is 0. The molecular weight excluding hydrogens is 226 g/mol. The van der Waals surface area contributed by atoms with Crippen molar-refractivity contribution in [3.63, 3.8) is 0 Å². The van der Waals surface area contributed by atoms with Crippen LogP contribution >= 0.6 is 0 Å². The van der Waals surface area contributed by atoms with E-state index in [1.165, 1.54) is 12.2 Å². The standard InChI is InChI=1S/C14H25N3O/c1-4-15-13(12-5-8-18-10-12)9-17-7-6-16-14(17)11(2)3/h6-7,11-13,15H,4-5,8-10H2,1-3H3. The van der Waals surface area contributed by atoms with Crippen molar-refractivity contribution in [1.29, 1.82) is 0 Å². The molecule has 1 aromatic rings. The number of likely N-dealkylation sites (N-methyl/N-ethyl adjacent to an activating group) is 1. The Morgan fingerprint density at radius 1 is 1.56 bits per heavy atom. The molecule has 0 aromatic carbocycles. The molecule has 1 aromatic heterocycles. The van der Waals surface area contributed by atoms with Gasteiger partial charge in [0.2, 0.25) is 0 Å². The Balaban J connectivity index is 2.05. The van der Waals surface area contributed by atoms with Crippen molar-refractivity contribution < 1.29 is 4.74 Å². The number of imidazole rings is 1. The topological polar surface area (TPSA) is 39.1 Å². The first-order chi connectivity index (χ1) is 8.72. The zero-order chi connectivity index (χ0) is 13.0. The van der Waals surface area contributed by atoms with Gasteiger partial charge in [0.25, 0.3) is 0 Å². The lowest BCUT2D eigenvalue weighted by Gasteiger charge is -2.25. The summed E-state index contributed by atoms with van der Waals surface area (Å²) in [5, 5.41) is 3.60. The maximum atomic E-state index is 5.52. The Labute approximate surface area is 110 Å². The zero-order valence-electron chi connectivity index (χ0n) is 11.7. The molecule has 2 atom stereocenters. The molecule has 0 radical (unpaired) electrons. The van der Waals surface area contributed by atoms with E-state index in [0.29, 0.717) is 17.9 Å². The molecule has 1 saturated heterocycles. The first kappa shape index (κ1) is 13.6. The number of nitrogens with one attached hydrogen (secondary N) is 1. The molecule has 4 nitrogen and oxygen atoms in total. The van der Waals surface area contributed by atoms with Crippen LogP contribution in [0.25, 0.3) is 0 Å². The third-order valence-electron chi connectivity index (χ3n) is 3.66. The van der Waals surface area contributed by atoms with Gasteiger partial charge < -0.3 is 14.6 Å². The number of rotatable bonds is 6. The van der Waals surface area contributed by atoms with Crippen molar-refractivity contribution in [3.05, 3.63) is 18.2 Å². The van der Waals surface area contributed by atoms with E-state index >= 15 is 0 Å². The van der Waals surface area contributed by atoms with Crippen molar-refractivity contribution in [1.82, 2.24) is 14.9 Å². The Bertz CT molecular complexity index is 356. The Morgan fingerprint density at radius 3 is 3.00 bits per heavy atom. The molecule has 1 N–H and O–H groups in total. The minimum Gasteiger partial charge on any atom is -0.381 e. The highest BCUT2D eigenvalue weighted by Crippen LogP contribution is 2.20. The van der Waals surface area contributed by atoms with Crippen molar-refractivity contribution in [3.8, 4) is 0 Å². The van der Waals surface area contributed by atoms with E-state index in [1.807, 2.05) is 6.20 Å². The summed E-state index contributed by atoms with van der Waals surface area (Å²) in [4.78, 5) is 4.46. The minimum absolute atomic E-state index is 0.474. The summed E-state index contributed by atoms with van der Waals surface area (Å²) in [7, 11) is 0. The zero-order valence-corrected chi connectivity index (χ0v) is 11.7. The van der Waals surface area contributed by atoms with Gasteiger partial charge >= 0.3 is 0 Å². The normalized spacial score (nSPS) is 21.7. The summed E-state index contributed by atoms with van der Waals surface area (Å²) >= 11 is 0. The number of hydrogen-bond acceptors (Lipinski definition) is 3. The van der Waals surface area contributed by atoms with Crippen molar-refractivity contribution in [2.24, 2.45) is 5.92 Å². The van der Waals surface area contributed by atoms with Crippen LogP contribution in [0, 0.1) is 5.92 Å². The number of hydrogen-bond donors (Lipinski definition) is 1. The molecule has 0 saturated carbocycles. The van der Waals surface area contributed by atoms with Crippen LogP contribution in [0.2, 0.25) is 0 Å². The first-order valence-corrected chi connectivity index (χ1v) is 7.04. The third-order valence-corrected chi connectivity index (χ3v) is 3.66. The highest BCUT2D eigenvalue weighted by atomic mass is 16.5. The van der Waals surface area contributed by atoms with E-state index in [9.17, 15) is 0 Å². The third kappa shape index (κ3) is 3.12. The summed E-state index contributed by atoms with van der Waals surface area (Å²) in [6, 6.07) is 0.490. The van der Waals surface area contributed by atoms with Crippen LogP contribution in [0.5, 0.6) is 0 Å². The van der Waals surface area contributed by atoms with E-state index in [1.54, 1.807) is 0 Å². The van der Waals surface area contributed by atoms with Gasteiger partial charge in [-0.15, -0.1) is 0 Å². The van der Waals surface area contributed by atoms with Crippen molar-refractivity contribution >= 4 is 0 Å². The predicted molar refractivity (Wildman–Crippen MR) is 72.7 cm³/mol. The molecule has 2 heterocycles. The maximum Gasteiger partial charge on any atom is 0.111 e. The van der Waals surface area contributed by atoms with Gasteiger partial charge in [0.1, 0.15) is 5.82 Å². The van der Waals surface area contributed by atoms with Crippen molar-refractivity contribution in [2.45, 2.75) is 45.7 Å². The smallest absolute Gasteiger partial charge is 0.111 e. The Hall–Kier alpha value is -0.870. The molecule has 0 aliphatic carbocycles. The second-order valence-electron chi connectivity index (χ2n) is 5.38. The maximum absolute atomic E-state index is 5.52. The lowest BCUT2D eigenvalue weighted by molar-refractivity contribution is 0.173. The molecule has 0 spiro atoms. The van der Waals surface area contributed by atoms with Gasteiger partial charge in [-0.2, -0.15) is 0 Å². The van der Waals surface area contributed by atoms with Crippen LogP contribution < -0.4 is 5.32 Å². The second-order valence-corrected chi connectivity index (χ2v) is 5.38. The monoisotopic (exact) mass is 251 g/mol. The molecule has 2 unspecified atom stereocenters. The van der Waals surface area contributed by atoms with Gasteiger partial charge in [0.15, 0.2) is 0 Å². The van der Waals surface area contributed by atoms with E-state index in [4.69, 9.17) is 4.74 Å². The first-order valence-electron chi connectivity index (χ1n) is 7.04. The average molecular weight is 251 g/mol. The molecule has 1 fully saturated rings. The molecule has 1 aliphatic rings. The average Bonchev–Trinajstić information content (AvgIpc) is 2.99. The van der Waals surface area contributed by atoms with Gasteiger partial charge in [0.05, 0.1) is 6.61 Å². The lowest BCUT2D eigenvalue weighted by atomic mass is 9.98. The van der Waals surface area contributed by atoms with Crippen LogP contribution in [0.3, 0.4) is 0 Å². The number of ether oxygens (including phenoxy) is 1. The molecule has 0 bridgehead atoms. The fourth-order valence-corrected chi connectivity index (χ4v) is 2.70. The highest BCUT2D eigenvalue weighted by molar-refractivity contribution is 4.99. The summed E-state index contributed by atoms with van der Waals surface area (Å²) in [5.74, 6) is 2.28. The van der Waals surface area contributed by atoms with E-state index in [-0.39, 0.29) is 0 Å². The van der Waals surface area contributed by atoms with Gasteiger partial charge in [-0.05, 0) is 13.0 Å². The molecule has 1 aliphatic heterocycles. The van der Waals surface area contributed by atoms with E-state index in [0.717, 1.165) is 26.3 Å². The summed E-state index contributed by atoms with van der Waals surface area (Å²) in [6.45, 7) is 10.4. The molecular formula is C14H25N3O. The van der Waals surface area contributed by atoms with Crippen molar-refractivity contribution in [2.75, 3.05) is 19.8 Å².